The van der Waals surface area contributed by atoms with Crippen LogP contribution in [-0.4, -0.2) is 65.7 Å². The quantitative estimate of drug-likeness (QED) is 0.292. The van der Waals surface area contributed by atoms with E-state index in [4.69, 9.17) is 5.11 Å². The minimum atomic E-state index is -4.90. The fourth-order valence-electron chi connectivity index (χ4n) is 5.47. The van der Waals surface area contributed by atoms with Crippen LogP contribution in [0.15, 0.2) is 65.7 Å². The van der Waals surface area contributed by atoms with Gasteiger partial charge in [-0.3, -0.25) is 0 Å². The van der Waals surface area contributed by atoms with Gasteiger partial charge in [-0.2, -0.15) is 17.5 Å². The number of fused-ring (bicyclic) bond motifs is 1. The molecular weight excluding hydrogens is 571 g/mol. The zero-order valence-corrected chi connectivity index (χ0v) is 24.3. The van der Waals surface area contributed by atoms with Crippen LogP contribution in [0.1, 0.15) is 47.4 Å². The van der Waals surface area contributed by atoms with Crippen LogP contribution in [0.3, 0.4) is 0 Å². The number of benzene rings is 2. The van der Waals surface area contributed by atoms with Gasteiger partial charge >= 0.3 is 12.1 Å². The van der Waals surface area contributed by atoms with Crippen molar-refractivity contribution >= 4 is 16.0 Å². The van der Waals surface area contributed by atoms with Gasteiger partial charge in [0.05, 0.1) is 16.6 Å². The molecule has 0 fully saturated rings. The number of nitrogens with zero attached hydrogens (tertiary/aromatic N) is 2. The molecular formula is C30H34F3N3O5S. The van der Waals surface area contributed by atoms with Crippen molar-refractivity contribution in [3.05, 3.63) is 83.2 Å². The number of aromatic nitrogens is 1. The second kappa shape index (κ2) is 12.1. The molecule has 1 aromatic heterocycles. The molecule has 1 aliphatic carbocycles. The summed E-state index contributed by atoms with van der Waals surface area (Å²) in [6, 6.07) is 13.2. The van der Waals surface area contributed by atoms with E-state index in [1.165, 1.54) is 24.2 Å². The Labute approximate surface area is 243 Å². The summed E-state index contributed by atoms with van der Waals surface area (Å²) in [6.45, 7) is 3.81. The summed E-state index contributed by atoms with van der Waals surface area (Å²) >= 11 is 0. The first-order valence-electron chi connectivity index (χ1n) is 13.4. The van der Waals surface area contributed by atoms with Gasteiger partial charge in [-0.25, -0.2) is 18.2 Å². The summed E-state index contributed by atoms with van der Waals surface area (Å²) in [4.78, 5) is 14.1. The second-order valence-electron chi connectivity index (χ2n) is 11.4. The number of carboxylic acid groups (broad SMARTS) is 1. The molecule has 12 heteroatoms. The van der Waals surface area contributed by atoms with Crippen molar-refractivity contribution in [2.75, 3.05) is 20.1 Å². The van der Waals surface area contributed by atoms with Gasteiger partial charge in [-0.15, -0.1) is 0 Å². The Bertz CT molecular complexity index is 1520. The van der Waals surface area contributed by atoms with Crippen molar-refractivity contribution in [2.24, 2.45) is 5.92 Å². The van der Waals surface area contributed by atoms with Crippen molar-refractivity contribution in [1.29, 1.82) is 0 Å². The lowest BCUT2D eigenvalue weighted by Crippen LogP contribution is -2.47. The molecule has 1 atom stereocenters. The number of aromatic carboxylic acids is 1. The van der Waals surface area contributed by atoms with Crippen LogP contribution in [0, 0.1) is 5.92 Å². The molecule has 4 rings (SSSR count). The van der Waals surface area contributed by atoms with E-state index in [1.807, 2.05) is 26.0 Å². The average Bonchev–Trinajstić information content (AvgIpc) is 3.32. The Balaban J connectivity index is 1.42. The third-order valence-corrected chi connectivity index (χ3v) is 9.34. The standard InChI is InChI=1S/C30H34F3N3O5S/c1-29(2,15-19-12-20-6-4-5-7-21(20)13-19)35-17-23(37)18-36(3)42(40,41)24-9-10-25(26(14-24)30(31,32)33)22-8-11-27(28(38)39)34-16-22/h4-11,14,16,19,23,35,37H,12-13,15,17-18H2,1-3H3,(H,38,39)/t23-/m1/s1. The van der Waals surface area contributed by atoms with Crippen LogP contribution in [0.2, 0.25) is 0 Å². The molecule has 0 amide bonds. The number of hydrogen-bond donors (Lipinski definition) is 3. The molecule has 8 nitrogen and oxygen atoms in total. The largest absolute Gasteiger partial charge is 0.477 e. The first-order valence-corrected chi connectivity index (χ1v) is 14.9. The highest BCUT2D eigenvalue weighted by molar-refractivity contribution is 7.89. The monoisotopic (exact) mass is 605 g/mol. The number of nitrogens with one attached hydrogen (secondary N) is 1. The highest BCUT2D eigenvalue weighted by Crippen LogP contribution is 2.39. The SMILES string of the molecule is CN(C[C@H](O)CNC(C)(C)CC1Cc2ccccc2C1)S(=O)(=O)c1ccc(-c2ccc(C(=O)O)nc2)c(C(F)(F)F)c1. The molecule has 0 saturated carbocycles. The Morgan fingerprint density at radius 1 is 1.10 bits per heavy atom. The lowest BCUT2D eigenvalue weighted by atomic mass is 9.88. The molecule has 226 valence electrons. The Kier molecular flexibility index (Phi) is 9.12. The summed E-state index contributed by atoms with van der Waals surface area (Å²) in [5.74, 6) is -0.885. The first kappa shape index (κ1) is 31.6. The number of halogens is 3. The molecule has 0 spiro atoms. The predicted molar refractivity (Wildman–Crippen MR) is 151 cm³/mol. The minimum absolute atomic E-state index is 0.0183. The summed E-state index contributed by atoms with van der Waals surface area (Å²) in [5, 5.41) is 22.9. The van der Waals surface area contributed by atoms with Crippen LogP contribution in [-0.2, 0) is 29.0 Å². The maximum absolute atomic E-state index is 14.0. The van der Waals surface area contributed by atoms with Crippen molar-refractivity contribution in [1.82, 2.24) is 14.6 Å². The topological polar surface area (TPSA) is 120 Å². The maximum atomic E-state index is 14.0. The summed E-state index contributed by atoms with van der Waals surface area (Å²) < 4.78 is 69.2. The molecule has 0 saturated heterocycles. The van der Waals surface area contributed by atoms with E-state index in [0.29, 0.717) is 12.0 Å². The molecule has 0 aliphatic heterocycles. The molecule has 0 bridgehead atoms. The number of carboxylic acids is 1. The lowest BCUT2D eigenvalue weighted by Gasteiger charge is -2.31. The number of sulfonamides is 1. The fraction of sp³-hybridized carbons (Fsp3) is 0.400. The normalized spacial score (nSPS) is 15.1. The molecule has 1 aliphatic rings. The number of hydrogen-bond acceptors (Lipinski definition) is 6. The summed E-state index contributed by atoms with van der Waals surface area (Å²) in [7, 11) is -3.18. The van der Waals surface area contributed by atoms with Crippen molar-refractivity contribution in [3.63, 3.8) is 0 Å². The van der Waals surface area contributed by atoms with Crippen LogP contribution >= 0.6 is 0 Å². The van der Waals surface area contributed by atoms with Gasteiger partial charge in [0.25, 0.3) is 0 Å². The zero-order valence-electron chi connectivity index (χ0n) is 23.5. The number of aliphatic hydroxyl groups is 1. The van der Waals surface area contributed by atoms with Crippen molar-refractivity contribution in [2.45, 2.75) is 55.8 Å². The van der Waals surface area contributed by atoms with E-state index in [1.54, 1.807) is 0 Å². The summed E-state index contributed by atoms with van der Waals surface area (Å²) in [5.41, 5.74) is 0.452. The lowest BCUT2D eigenvalue weighted by molar-refractivity contribution is -0.137. The average molecular weight is 606 g/mol. The second-order valence-corrected chi connectivity index (χ2v) is 13.4. The number of alkyl halides is 3. The third kappa shape index (κ3) is 7.35. The molecule has 0 unspecified atom stereocenters. The van der Waals surface area contributed by atoms with Crippen molar-refractivity contribution < 1.29 is 36.6 Å². The van der Waals surface area contributed by atoms with E-state index >= 15 is 0 Å². The van der Waals surface area contributed by atoms with E-state index in [9.17, 15) is 31.5 Å². The number of rotatable bonds is 11. The van der Waals surface area contributed by atoms with Crippen LogP contribution in [0.5, 0.6) is 0 Å². The van der Waals surface area contributed by atoms with Crippen LogP contribution in [0.25, 0.3) is 11.1 Å². The van der Waals surface area contributed by atoms with Gasteiger partial charge in [0.2, 0.25) is 10.0 Å². The number of carbonyl (C=O) groups is 1. The van der Waals surface area contributed by atoms with Gasteiger partial charge < -0.3 is 15.5 Å². The van der Waals surface area contributed by atoms with E-state index in [2.05, 4.69) is 22.4 Å². The first-order chi connectivity index (χ1) is 19.6. The Morgan fingerprint density at radius 2 is 1.74 bits per heavy atom. The van der Waals surface area contributed by atoms with Gasteiger partial charge in [0.1, 0.15) is 5.69 Å². The number of pyridine rings is 1. The van der Waals surface area contributed by atoms with Crippen LogP contribution in [0.4, 0.5) is 13.2 Å². The van der Waals surface area contributed by atoms with Gasteiger partial charge in [-0.1, -0.05) is 36.4 Å². The van der Waals surface area contributed by atoms with E-state index < -0.39 is 38.7 Å². The van der Waals surface area contributed by atoms with E-state index in [-0.39, 0.29) is 35.4 Å². The molecule has 3 aromatic rings. The van der Waals surface area contributed by atoms with E-state index in [0.717, 1.165) is 48.0 Å². The highest BCUT2D eigenvalue weighted by Gasteiger charge is 2.36. The smallest absolute Gasteiger partial charge is 0.417 e. The molecule has 2 aromatic carbocycles. The summed E-state index contributed by atoms with van der Waals surface area (Å²) in [6.07, 6.45) is -2.21. The van der Waals surface area contributed by atoms with Gasteiger partial charge in [0, 0.05) is 37.4 Å². The van der Waals surface area contributed by atoms with Gasteiger partial charge in [0.15, 0.2) is 0 Å². The molecule has 3 N–H and O–H groups in total. The van der Waals surface area contributed by atoms with Crippen molar-refractivity contribution in [3.8, 4) is 11.1 Å². The number of likely N-dealkylation sites (N-methyl/N-ethyl adjacent to an activating group) is 1. The van der Waals surface area contributed by atoms with Gasteiger partial charge in [-0.05, 0) is 73.9 Å². The zero-order chi connectivity index (χ0) is 30.9. The van der Waals surface area contributed by atoms with Crippen LogP contribution < -0.4 is 5.32 Å². The molecule has 1 heterocycles. The third-order valence-electron chi connectivity index (χ3n) is 7.52. The minimum Gasteiger partial charge on any atom is -0.477 e. The highest BCUT2D eigenvalue weighted by atomic mass is 32.2. The Hall–Kier alpha value is -3.32. The number of aliphatic hydroxyl groups excluding tert-OH is 1. The molecule has 42 heavy (non-hydrogen) atoms. The maximum Gasteiger partial charge on any atom is 0.417 e. The Morgan fingerprint density at radius 3 is 2.29 bits per heavy atom. The fourth-order valence-corrected chi connectivity index (χ4v) is 6.71. The number of β-amino-alcohol motifs (C(OH)–C–C–N with tert-alkyl or cyclic N) is 1. The predicted octanol–water partition coefficient (Wildman–Crippen LogP) is 4.62. The molecule has 0 radical (unpaired) electrons.